The molecule has 2 aromatic heterocycles. The van der Waals surface area contributed by atoms with E-state index in [1.165, 1.54) is 12.8 Å². The molecule has 1 aromatic carbocycles. The largest absolute Gasteiger partial charge is 0.468 e. The van der Waals surface area contributed by atoms with Crippen molar-refractivity contribution in [2.45, 2.75) is 51.1 Å². The average Bonchev–Trinajstić information content (AvgIpc) is 3.51. The number of nitrogens with one attached hydrogen (secondary N) is 2. The molecule has 0 radical (unpaired) electrons. The number of carbonyl (C=O) groups is 1. The molecular weight excluding hydrogens is 424 g/mol. The van der Waals surface area contributed by atoms with Crippen molar-refractivity contribution in [2.75, 3.05) is 19.6 Å². The highest BCUT2D eigenvalue weighted by molar-refractivity contribution is 7.71. The molecule has 0 aliphatic carbocycles. The normalized spacial score (nSPS) is 15.2. The molecular formula is C24H30N4O3S. The molecule has 1 saturated heterocycles. The number of rotatable bonds is 10. The van der Waals surface area contributed by atoms with Crippen LogP contribution >= 0.6 is 12.2 Å². The molecule has 1 amide bonds. The summed E-state index contributed by atoms with van der Waals surface area (Å²) in [6.45, 7) is 3.19. The average molecular weight is 455 g/mol. The molecule has 4 rings (SSSR count). The van der Waals surface area contributed by atoms with E-state index in [1.54, 1.807) is 10.8 Å². The van der Waals surface area contributed by atoms with E-state index in [4.69, 9.17) is 16.6 Å². The second-order valence-electron chi connectivity index (χ2n) is 8.32. The predicted octanol–water partition coefficient (Wildman–Crippen LogP) is 4.17. The fraction of sp³-hybridized carbons (Fsp3) is 0.458. The summed E-state index contributed by atoms with van der Waals surface area (Å²) in [4.78, 5) is 30.6. The van der Waals surface area contributed by atoms with Crippen LogP contribution in [-0.4, -0.2) is 40.0 Å². The first kappa shape index (κ1) is 22.5. The number of likely N-dealkylation sites (tertiary alicyclic amines) is 1. The number of furan rings is 1. The van der Waals surface area contributed by atoms with Crippen LogP contribution < -0.4 is 10.9 Å². The summed E-state index contributed by atoms with van der Waals surface area (Å²) >= 11 is 5.36. The summed E-state index contributed by atoms with van der Waals surface area (Å²) in [7, 11) is 0. The highest BCUT2D eigenvalue weighted by Gasteiger charge is 2.25. The van der Waals surface area contributed by atoms with Gasteiger partial charge >= 0.3 is 0 Å². The minimum atomic E-state index is -0.0621. The molecule has 32 heavy (non-hydrogen) atoms. The van der Waals surface area contributed by atoms with Crippen molar-refractivity contribution in [3.8, 4) is 0 Å². The maximum Gasteiger partial charge on any atom is 0.262 e. The van der Waals surface area contributed by atoms with Gasteiger partial charge in [0.2, 0.25) is 5.91 Å². The molecule has 3 aromatic rings. The topological polar surface area (TPSA) is 83.3 Å². The Labute approximate surface area is 192 Å². The van der Waals surface area contributed by atoms with Gasteiger partial charge in [0.25, 0.3) is 5.56 Å². The summed E-state index contributed by atoms with van der Waals surface area (Å²) in [6, 6.07) is 11.4. The van der Waals surface area contributed by atoms with Crippen LogP contribution in [0.4, 0.5) is 0 Å². The summed E-state index contributed by atoms with van der Waals surface area (Å²) in [5.74, 6) is 0.963. The van der Waals surface area contributed by atoms with Crippen LogP contribution in [0.2, 0.25) is 0 Å². The summed E-state index contributed by atoms with van der Waals surface area (Å²) in [5.41, 5.74) is 0.699. The fourth-order valence-corrected chi connectivity index (χ4v) is 4.66. The zero-order valence-corrected chi connectivity index (χ0v) is 19.0. The molecule has 1 aliphatic rings. The number of hydrogen-bond acceptors (Lipinski definition) is 5. The van der Waals surface area contributed by atoms with Crippen molar-refractivity contribution in [3.63, 3.8) is 0 Å². The minimum absolute atomic E-state index is 0.0564. The molecule has 2 N–H and O–H groups in total. The van der Waals surface area contributed by atoms with Gasteiger partial charge in [-0.3, -0.25) is 19.1 Å². The van der Waals surface area contributed by atoms with Crippen LogP contribution in [0, 0.1) is 4.77 Å². The van der Waals surface area contributed by atoms with Gasteiger partial charge in [0.15, 0.2) is 4.77 Å². The van der Waals surface area contributed by atoms with Gasteiger partial charge in [-0.25, -0.2) is 0 Å². The maximum atomic E-state index is 12.7. The first-order valence-corrected chi connectivity index (χ1v) is 11.8. The second kappa shape index (κ2) is 10.7. The Morgan fingerprint density at radius 1 is 1.12 bits per heavy atom. The Hall–Kier alpha value is -2.71. The van der Waals surface area contributed by atoms with Crippen LogP contribution in [0.1, 0.15) is 50.3 Å². The Bertz CT molecular complexity index is 1150. The Morgan fingerprint density at radius 3 is 2.72 bits per heavy atom. The van der Waals surface area contributed by atoms with E-state index in [2.05, 4.69) is 15.2 Å². The number of para-hydroxylation sites is 1. The number of aromatic amines is 1. The van der Waals surface area contributed by atoms with Crippen LogP contribution in [0.15, 0.2) is 51.9 Å². The van der Waals surface area contributed by atoms with Crippen molar-refractivity contribution < 1.29 is 9.21 Å². The van der Waals surface area contributed by atoms with E-state index in [9.17, 15) is 9.59 Å². The number of unbranched alkanes of at least 4 members (excludes halogenated alkanes) is 2. The molecule has 3 heterocycles. The number of hydrogen-bond donors (Lipinski definition) is 2. The molecule has 170 valence electrons. The third-order valence-electron chi connectivity index (χ3n) is 6.12. The van der Waals surface area contributed by atoms with E-state index < -0.39 is 0 Å². The monoisotopic (exact) mass is 454 g/mol. The number of H-pyrrole nitrogens is 1. The number of nitrogens with zero attached hydrogens (tertiary/aromatic N) is 2. The molecule has 1 fully saturated rings. The van der Waals surface area contributed by atoms with Crippen LogP contribution in [0.5, 0.6) is 0 Å². The lowest BCUT2D eigenvalue weighted by Crippen LogP contribution is -2.36. The van der Waals surface area contributed by atoms with Crippen molar-refractivity contribution in [1.29, 1.82) is 0 Å². The van der Waals surface area contributed by atoms with Crippen molar-refractivity contribution in [3.05, 3.63) is 63.5 Å². The molecule has 1 atom stereocenters. The smallest absolute Gasteiger partial charge is 0.262 e. The van der Waals surface area contributed by atoms with Crippen molar-refractivity contribution in [2.24, 2.45) is 0 Å². The number of aromatic nitrogens is 2. The van der Waals surface area contributed by atoms with E-state index in [0.717, 1.165) is 43.6 Å². The summed E-state index contributed by atoms with van der Waals surface area (Å²) in [5, 5.41) is 3.72. The molecule has 1 aliphatic heterocycles. The van der Waals surface area contributed by atoms with E-state index in [1.807, 2.05) is 36.4 Å². The SMILES string of the molecule is O=C(CCCCCn1c(=S)[nH]c2ccccc2c1=O)NCC(c1ccco1)N1CCCC1. The lowest BCUT2D eigenvalue weighted by molar-refractivity contribution is -0.121. The fourth-order valence-electron chi connectivity index (χ4n) is 4.38. The number of benzene rings is 1. The first-order chi connectivity index (χ1) is 15.6. The standard InChI is InChI=1S/C24H30N4O3S/c29-22(25-17-20(21-11-8-16-31-21)27-13-6-7-14-27)12-2-1-5-15-28-23(30)18-9-3-4-10-19(18)26-24(28)32/h3-4,8-11,16,20H,1-2,5-7,12-15,17H2,(H,25,29)(H,26,32). The highest BCUT2D eigenvalue weighted by atomic mass is 32.1. The number of fused-ring (bicyclic) bond motifs is 1. The molecule has 0 saturated carbocycles. The summed E-state index contributed by atoms with van der Waals surface area (Å²) < 4.78 is 7.66. The Morgan fingerprint density at radius 2 is 1.94 bits per heavy atom. The van der Waals surface area contributed by atoms with Crippen LogP contribution in [0.25, 0.3) is 10.9 Å². The Balaban J connectivity index is 1.22. The van der Waals surface area contributed by atoms with Gasteiger partial charge in [-0.2, -0.15) is 0 Å². The van der Waals surface area contributed by atoms with Crippen molar-refractivity contribution >= 4 is 29.0 Å². The van der Waals surface area contributed by atoms with Gasteiger partial charge in [-0.15, -0.1) is 0 Å². The molecule has 8 heteroatoms. The van der Waals surface area contributed by atoms with Gasteiger partial charge in [-0.05, 0) is 75.3 Å². The van der Waals surface area contributed by atoms with Gasteiger partial charge < -0.3 is 14.7 Å². The lowest BCUT2D eigenvalue weighted by Gasteiger charge is -2.26. The van der Waals surface area contributed by atoms with Gasteiger partial charge in [0.1, 0.15) is 5.76 Å². The quantitative estimate of drug-likeness (QED) is 0.355. The predicted molar refractivity (Wildman–Crippen MR) is 127 cm³/mol. The van der Waals surface area contributed by atoms with E-state index in [-0.39, 0.29) is 17.5 Å². The van der Waals surface area contributed by atoms with E-state index >= 15 is 0 Å². The highest BCUT2D eigenvalue weighted by Crippen LogP contribution is 2.24. The van der Waals surface area contributed by atoms with Gasteiger partial charge in [0.05, 0.1) is 23.2 Å². The van der Waals surface area contributed by atoms with Gasteiger partial charge in [0, 0.05) is 19.5 Å². The summed E-state index contributed by atoms with van der Waals surface area (Å²) in [6.07, 6.45) is 6.97. The third kappa shape index (κ3) is 5.37. The van der Waals surface area contributed by atoms with Crippen LogP contribution in [-0.2, 0) is 11.3 Å². The first-order valence-electron chi connectivity index (χ1n) is 11.4. The molecule has 7 nitrogen and oxygen atoms in total. The molecule has 1 unspecified atom stereocenters. The maximum absolute atomic E-state index is 12.7. The van der Waals surface area contributed by atoms with Gasteiger partial charge in [-0.1, -0.05) is 18.6 Å². The molecule has 0 bridgehead atoms. The lowest BCUT2D eigenvalue weighted by atomic mass is 10.1. The zero-order valence-electron chi connectivity index (χ0n) is 18.2. The van der Waals surface area contributed by atoms with Crippen LogP contribution in [0.3, 0.4) is 0 Å². The zero-order chi connectivity index (χ0) is 22.3. The minimum Gasteiger partial charge on any atom is -0.468 e. The molecule has 0 spiro atoms. The van der Waals surface area contributed by atoms with E-state index in [0.29, 0.717) is 29.7 Å². The third-order valence-corrected chi connectivity index (χ3v) is 6.44. The number of amides is 1. The van der Waals surface area contributed by atoms with Crippen molar-refractivity contribution in [1.82, 2.24) is 19.8 Å². The Kier molecular flexibility index (Phi) is 7.55. The second-order valence-corrected chi connectivity index (χ2v) is 8.71. The number of carbonyl (C=O) groups excluding carboxylic acids is 1.